The second-order valence-electron chi connectivity index (χ2n) is 2.21. The van der Waals surface area contributed by atoms with Crippen LogP contribution in [0.15, 0.2) is 29.7 Å². The molecule has 1 aromatic heterocycles. The maximum atomic E-state index is 9.35. The predicted octanol–water partition coefficient (Wildman–Crippen LogP) is -0.139. The molecule has 0 aliphatic rings. The standard InChI is InChI=1S/C7H9N3O2/c8-7(10-12)6(11)5-1-3-9-4-2-5/h1-4,6,11-12H,(H2,8,10). The third-order valence-corrected chi connectivity index (χ3v) is 1.42. The van der Waals surface area contributed by atoms with Crippen LogP contribution in [-0.2, 0) is 0 Å². The van der Waals surface area contributed by atoms with Gasteiger partial charge in [0, 0.05) is 12.4 Å². The molecule has 1 aromatic rings. The quantitative estimate of drug-likeness (QED) is 0.247. The SMILES string of the molecule is N/C(=N/O)C(O)c1ccncc1. The molecule has 5 heteroatoms. The lowest BCUT2D eigenvalue weighted by Crippen LogP contribution is -2.21. The summed E-state index contributed by atoms with van der Waals surface area (Å²) in [6.45, 7) is 0. The van der Waals surface area contributed by atoms with Crippen molar-refractivity contribution in [3.8, 4) is 0 Å². The van der Waals surface area contributed by atoms with Gasteiger partial charge >= 0.3 is 0 Å². The van der Waals surface area contributed by atoms with Gasteiger partial charge in [-0.2, -0.15) is 0 Å². The van der Waals surface area contributed by atoms with Crippen LogP contribution in [0.1, 0.15) is 11.7 Å². The number of hydrogen-bond acceptors (Lipinski definition) is 4. The fraction of sp³-hybridized carbons (Fsp3) is 0.143. The van der Waals surface area contributed by atoms with Crippen LogP contribution in [0.4, 0.5) is 0 Å². The van der Waals surface area contributed by atoms with Crippen molar-refractivity contribution in [3.63, 3.8) is 0 Å². The van der Waals surface area contributed by atoms with Gasteiger partial charge in [0.15, 0.2) is 5.84 Å². The first-order chi connectivity index (χ1) is 5.75. The zero-order chi connectivity index (χ0) is 8.97. The highest BCUT2D eigenvalue weighted by atomic mass is 16.4. The van der Waals surface area contributed by atoms with Crippen LogP contribution in [-0.4, -0.2) is 21.1 Å². The normalized spacial score (nSPS) is 14.2. The Morgan fingerprint density at radius 1 is 1.50 bits per heavy atom. The van der Waals surface area contributed by atoms with E-state index in [0.29, 0.717) is 5.56 Å². The van der Waals surface area contributed by atoms with Crippen LogP contribution < -0.4 is 5.73 Å². The van der Waals surface area contributed by atoms with Crippen molar-refractivity contribution >= 4 is 5.84 Å². The van der Waals surface area contributed by atoms with Crippen molar-refractivity contribution in [2.24, 2.45) is 10.9 Å². The summed E-state index contributed by atoms with van der Waals surface area (Å²) in [5.41, 5.74) is 5.72. The molecule has 1 heterocycles. The van der Waals surface area contributed by atoms with Gasteiger partial charge in [-0.3, -0.25) is 4.98 Å². The molecule has 64 valence electrons. The van der Waals surface area contributed by atoms with Gasteiger partial charge in [0.2, 0.25) is 0 Å². The van der Waals surface area contributed by atoms with E-state index in [2.05, 4.69) is 10.1 Å². The highest BCUT2D eigenvalue weighted by Crippen LogP contribution is 2.10. The molecule has 1 unspecified atom stereocenters. The van der Waals surface area contributed by atoms with Crippen LogP contribution in [0.5, 0.6) is 0 Å². The van der Waals surface area contributed by atoms with Crippen molar-refractivity contribution in [3.05, 3.63) is 30.1 Å². The Balaban J connectivity index is 2.86. The zero-order valence-corrected chi connectivity index (χ0v) is 6.25. The Labute approximate surface area is 69.2 Å². The Morgan fingerprint density at radius 2 is 2.08 bits per heavy atom. The van der Waals surface area contributed by atoms with Crippen molar-refractivity contribution in [2.45, 2.75) is 6.10 Å². The first-order valence-corrected chi connectivity index (χ1v) is 3.31. The molecular weight excluding hydrogens is 158 g/mol. The number of oxime groups is 1. The van der Waals surface area contributed by atoms with Gasteiger partial charge in [-0.1, -0.05) is 5.16 Å². The molecule has 0 saturated heterocycles. The van der Waals surface area contributed by atoms with Crippen LogP contribution >= 0.6 is 0 Å². The average Bonchev–Trinajstić information content (AvgIpc) is 2.17. The highest BCUT2D eigenvalue weighted by molar-refractivity contribution is 5.85. The van der Waals surface area contributed by atoms with E-state index in [1.54, 1.807) is 12.1 Å². The Kier molecular flexibility index (Phi) is 2.60. The van der Waals surface area contributed by atoms with E-state index in [-0.39, 0.29) is 5.84 Å². The Hall–Kier alpha value is -1.62. The fourth-order valence-electron chi connectivity index (χ4n) is 0.771. The van der Waals surface area contributed by atoms with Crippen molar-refractivity contribution in [2.75, 3.05) is 0 Å². The summed E-state index contributed by atoms with van der Waals surface area (Å²) in [7, 11) is 0. The minimum atomic E-state index is -1.07. The zero-order valence-electron chi connectivity index (χ0n) is 6.25. The fourth-order valence-corrected chi connectivity index (χ4v) is 0.771. The Bertz CT molecular complexity index is 273. The van der Waals surface area contributed by atoms with Crippen LogP contribution in [0.2, 0.25) is 0 Å². The first kappa shape index (κ1) is 8.48. The molecule has 0 bridgehead atoms. The summed E-state index contributed by atoms with van der Waals surface area (Å²) in [6.07, 6.45) is 1.96. The number of rotatable bonds is 2. The minimum absolute atomic E-state index is 0.235. The second kappa shape index (κ2) is 3.68. The summed E-state index contributed by atoms with van der Waals surface area (Å²) in [5, 5.41) is 20.3. The smallest absolute Gasteiger partial charge is 0.172 e. The maximum Gasteiger partial charge on any atom is 0.172 e. The van der Waals surface area contributed by atoms with E-state index < -0.39 is 6.10 Å². The third kappa shape index (κ3) is 1.70. The number of aromatic nitrogens is 1. The number of pyridine rings is 1. The summed E-state index contributed by atoms with van der Waals surface area (Å²) in [5.74, 6) is -0.235. The first-order valence-electron chi connectivity index (χ1n) is 3.31. The van der Waals surface area contributed by atoms with Gasteiger partial charge in [0.1, 0.15) is 6.10 Å². The Morgan fingerprint density at radius 3 is 2.58 bits per heavy atom. The van der Waals surface area contributed by atoms with Gasteiger partial charge in [0.25, 0.3) is 0 Å². The molecule has 0 fully saturated rings. The molecular formula is C7H9N3O2. The molecule has 4 N–H and O–H groups in total. The molecule has 1 rings (SSSR count). The molecule has 0 saturated carbocycles. The number of nitrogens with two attached hydrogens (primary N) is 1. The monoisotopic (exact) mass is 167 g/mol. The topological polar surface area (TPSA) is 91.7 Å². The van der Waals surface area contributed by atoms with E-state index in [1.165, 1.54) is 12.4 Å². The number of aliphatic hydroxyl groups excluding tert-OH is 1. The summed E-state index contributed by atoms with van der Waals surface area (Å²) in [6, 6.07) is 3.17. The third-order valence-electron chi connectivity index (χ3n) is 1.42. The van der Waals surface area contributed by atoms with Crippen molar-refractivity contribution in [1.29, 1.82) is 0 Å². The van der Waals surface area contributed by atoms with Gasteiger partial charge < -0.3 is 16.0 Å². The maximum absolute atomic E-state index is 9.35. The van der Waals surface area contributed by atoms with Crippen LogP contribution in [0.25, 0.3) is 0 Å². The van der Waals surface area contributed by atoms with Gasteiger partial charge in [-0.15, -0.1) is 0 Å². The van der Waals surface area contributed by atoms with Gasteiger partial charge in [-0.25, -0.2) is 0 Å². The summed E-state index contributed by atoms with van der Waals surface area (Å²) < 4.78 is 0. The van der Waals surface area contributed by atoms with E-state index in [1.807, 2.05) is 0 Å². The van der Waals surface area contributed by atoms with E-state index in [9.17, 15) is 5.11 Å². The predicted molar refractivity (Wildman–Crippen MR) is 42.6 cm³/mol. The van der Waals surface area contributed by atoms with Crippen molar-refractivity contribution in [1.82, 2.24) is 4.98 Å². The molecule has 0 radical (unpaired) electrons. The summed E-state index contributed by atoms with van der Waals surface area (Å²) in [4.78, 5) is 3.76. The molecule has 0 amide bonds. The summed E-state index contributed by atoms with van der Waals surface area (Å²) >= 11 is 0. The van der Waals surface area contributed by atoms with Gasteiger partial charge in [-0.05, 0) is 17.7 Å². The molecule has 0 aromatic carbocycles. The number of hydrogen-bond donors (Lipinski definition) is 3. The lowest BCUT2D eigenvalue weighted by Gasteiger charge is -2.07. The molecule has 1 atom stereocenters. The highest BCUT2D eigenvalue weighted by Gasteiger charge is 2.11. The largest absolute Gasteiger partial charge is 0.409 e. The van der Waals surface area contributed by atoms with Gasteiger partial charge in [0.05, 0.1) is 0 Å². The van der Waals surface area contributed by atoms with E-state index in [0.717, 1.165) is 0 Å². The molecule has 0 spiro atoms. The van der Waals surface area contributed by atoms with E-state index >= 15 is 0 Å². The molecule has 12 heavy (non-hydrogen) atoms. The average molecular weight is 167 g/mol. The molecule has 5 nitrogen and oxygen atoms in total. The van der Waals surface area contributed by atoms with E-state index in [4.69, 9.17) is 10.9 Å². The number of aliphatic hydroxyl groups is 1. The molecule has 0 aliphatic heterocycles. The lowest BCUT2D eigenvalue weighted by molar-refractivity contribution is 0.233. The lowest BCUT2D eigenvalue weighted by atomic mass is 10.1. The van der Waals surface area contributed by atoms with Crippen LogP contribution in [0.3, 0.4) is 0 Å². The molecule has 0 aliphatic carbocycles. The number of nitrogens with zero attached hydrogens (tertiary/aromatic N) is 2. The minimum Gasteiger partial charge on any atom is -0.409 e. The van der Waals surface area contributed by atoms with Crippen molar-refractivity contribution < 1.29 is 10.3 Å². The second-order valence-corrected chi connectivity index (χ2v) is 2.21. The van der Waals surface area contributed by atoms with Crippen LogP contribution in [0, 0.1) is 0 Å². The number of amidine groups is 1.